The van der Waals surface area contributed by atoms with Gasteiger partial charge in [-0.2, -0.15) is 0 Å². The second kappa shape index (κ2) is 11.3. The standard InChI is InChI=1S/C22H25N5O3.ClH/c28-22(30-17-18-4-2-1-3-5-18)26-13-11-23-19(16-26)10-15-29-21-8-6-20(7-9-21)27-14-12-24-25-27;/h1-9,12,14,19,23H,10-11,13,15-17H2;1H/t19-;/m1./s1. The Morgan fingerprint density at radius 1 is 1.13 bits per heavy atom. The van der Waals surface area contributed by atoms with E-state index in [1.165, 1.54) is 0 Å². The largest absolute Gasteiger partial charge is 0.494 e. The Morgan fingerprint density at radius 3 is 2.68 bits per heavy atom. The number of ether oxygens (including phenoxy) is 2. The highest BCUT2D eigenvalue weighted by atomic mass is 35.5. The number of aromatic nitrogens is 3. The van der Waals surface area contributed by atoms with E-state index in [9.17, 15) is 4.79 Å². The van der Waals surface area contributed by atoms with E-state index in [2.05, 4.69) is 15.6 Å². The number of halogens is 1. The molecule has 1 fully saturated rings. The summed E-state index contributed by atoms with van der Waals surface area (Å²) in [6, 6.07) is 17.6. The fourth-order valence-electron chi connectivity index (χ4n) is 3.36. The first-order valence-corrected chi connectivity index (χ1v) is 10.1. The lowest BCUT2D eigenvalue weighted by Crippen LogP contribution is -2.53. The minimum atomic E-state index is -0.269. The SMILES string of the molecule is Cl.O=C(OCc1ccccc1)N1CCN[C@H](CCOc2ccc(-n3ccnn3)cc2)C1. The molecule has 0 saturated carbocycles. The molecule has 9 heteroatoms. The van der Waals surface area contributed by atoms with Gasteiger partial charge < -0.3 is 19.7 Å². The molecule has 0 spiro atoms. The van der Waals surface area contributed by atoms with Crippen LogP contribution in [0.25, 0.3) is 5.69 Å². The smallest absolute Gasteiger partial charge is 0.410 e. The minimum absolute atomic E-state index is 0. The van der Waals surface area contributed by atoms with E-state index in [0.29, 0.717) is 26.3 Å². The van der Waals surface area contributed by atoms with Crippen molar-refractivity contribution in [1.82, 2.24) is 25.2 Å². The minimum Gasteiger partial charge on any atom is -0.494 e. The monoisotopic (exact) mass is 443 g/mol. The van der Waals surface area contributed by atoms with Crippen LogP contribution in [-0.2, 0) is 11.3 Å². The van der Waals surface area contributed by atoms with Crippen LogP contribution in [0.4, 0.5) is 4.79 Å². The Hall–Kier alpha value is -3.10. The summed E-state index contributed by atoms with van der Waals surface area (Å²) in [6.07, 6.45) is 3.96. The van der Waals surface area contributed by atoms with E-state index in [4.69, 9.17) is 9.47 Å². The Kier molecular flexibility index (Phi) is 8.26. The fourth-order valence-corrected chi connectivity index (χ4v) is 3.36. The lowest BCUT2D eigenvalue weighted by Gasteiger charge is -2.33. The Morgan fingerprint density at radius 2 is 1.94 bits per heavy atom. The third-order valence-corrected chi connectivity index (χ3v) is 4.98. The van der Waals surface area contributed by atoms with Crippen molar-refractivity contribution in [2.45, 2.75) is 19.1 Å². The molecule has 0 bridgehead atoms. The molecular formula is C22H26ClN5O3. The van der Waals surface area contributed by atoms with Gasteiger partial charge >= 0.3 is 6.09 Å². The van der Waals surface area contributed by atoms with Crippen LogP contribution < -0.4 is 10.1 Å². The van der Waals surface area contributed by atoms with Gasteiger partial charge in [0.15, 0.2) is 0 Å². The summed E-state index contributed by atoms with van der Waals surface area (Å²) in [5.74, 6) is 0.800. The zero-order valence-electron chi connectivity index (χ0n) is 17.1. The summed E-state index contributed by atoms with van der Waals surface area (Å²) in [5.41, 5.74) is 1.92. The molecular weight excluding hydrogens is 418 g/mol. The molecule has 1 amide bonds. The molecule has 3 aromatic rings. The van der Waals surface area contributed by atoms with Crippen molar-refractivity contribution in [2.24, 2.45) is 0 Å². The lowest BCUT2D eigenvalue weighted by atomic mass is 10.1. The maximum absolute atomic E-state index is 12.4. The molecule has 0 unspecified atom stereocenters. The van der Waals surface area contributed by atoms with Crippen molar-refractivity contribution >= 4 is 18.5 Å². The number of amides is 1. The normalized spacial score (nSPS) is 15.7. The Bertz CT molecular complexity index is 922. The summed E-state index contributed by atoms with van der Waals surface area (Å²) < 4.78 is 13.0. The molecule has 1 aliphatic rings. The van der Waals surface area contributed by atoms with Crippen molar-refractivity contribution in [3.8, 4) is 11.4 Å². The highest BCUT2D eigenvalue weighted by Crippen LogP contribution is 2.15. The third kappa shape index (κ3) is 6.44. The van der Waals surface area contributed by atoms with Gasteiger partial charge in [-0.15, -0.1) is 17.5 Å². The first-order chi connectivity index (χ1) is 14.8. The highest BCUT2D eigenvalue weighted by molar-refractivity contribution is 5.85. The van der Waals surface area contributed by atoms with Gasteiger partial charge in [-0.3, -0.25) is 0 Å². The molecule has 164 valence electrons. The van der Waals surface area contributed by atoms with Crippen LogP contribution in [0.5, 0.6) is 5.75 Å². The Balaban J connectivity index is 0.00000272. The first kappa shape index (κ1) is 22.6. The van der Waals surface area contributed by atoms with Crippen LogP contribution in [0.3, 0.4) is 0 Å². The molecule has 8 nitrogen and oxygen atoms in total. The highest BCUT2D eigenvalue weighted by Gasteiger charge is 2.24. The van der Waals surface area contributed by atoms with Crippen molar-refractivity contribution in [3.05, 3.63) is 72.6 Å². The van der Waals surface area contributed by atoms with E-state index in [1.54, 1.807) is 22.0 Å². The molecule has 0 radical (unpaired) electrons. The van der Waals surface area contributed by atoms with Crippen LogP contribution in [-0.4, -0.2) is 58.3 Å². The average molecular weight is 444 g/mol. The fraction of sp³-hybridized carbons (Fsp3) is 0.318. The van der Waals surface area contributed by atoms with Gasteiger partial charge in [0.1, 0.15) is 12.4 Å². The molecule has 1 N–H and O–H groups in total. The van der Waals surface area contributed by atoms with Crippen LogP contribution in [0.1, 0.15) is 12.0 Å². The average Bonchev–Trinajstić information content (AvgIpc) is 3.34. The summed E-state index contributed by atoms with van der Waals surface area (Å²) in [7, 11) is 0. The van der Waals surface area contributed by atoms with Crippen LogP contribution in [0.15, 0.2) is 67.0 Å². The van der Waals surface area contributed by atoms with E-state index >= 15 is 0 Å². The van der Waals surface area contributed by atoms with Crippen LogP contribution >= 0.6 is 12.4 Å². The number of carbonyl (C=O) groups is 1. The molecule has 31 heavy (non-hydrogen) atoms. The number of nitrogens with zero attached hydrogens (tertiary/aromatic N) is 4. The quantitative estimate of drug-likeness (QED) is 0.604. The van der Waals surface area contributed by atoms with Crippen LogP contribution in [0, 0.1) is 0 Å². The van der Waals surface area contributed by atoms with E-state index < -0.39 is 0 Å². The summed E-state index contributed by atoms with van der Waals surface area (Å²) in [6.45, 7) is 2.86. The maximum Gasteiger partial charge on any atom is 0.410 e. The maximum atomic E-state index is 12.4. The summed E-state index contributed by atoms with van der Waals surface area (Å²) >= 11 is 0. The lowest BCUT2D eigenvalue weighted by molar-refractivity contribution is 0.0827. The molecule has 4 rings (SSSR count). The number of benzene rings is 2. The van der Waals surface area contributed by atoms with Gasteiger partial charge in [-0.25, -0.2) is 9.48 Å². The Labute approximate surface area is 187 Å². The predicted molar refractivity (Wildman–Crippen MR) is 119 cm³/mol. The molecule has 1 saturated heterocycles. The van der Waals surface area contributed by atoms with Crippen molar-refractivity contribution in [3.63, 3.8) is 0 Å². The number of nitrogens with one attached hydrogen (secondary N) is 1. The molecule has 2 heterocycles. The van der Waals surface area contributed by atoms with Crippen LogP contribution in [0.2, 0.25) is 0 Å². The van der Waals surface area contributed by atoms with E-state index in [-0.39, 0.29) is 24.5 Å². The zero-order chi connectivity index (χ0) is 20.6. The number of rotatable bonds is 7. The van der Waals surface area contributed by atoms with Gasteiger partial charge in [0.2, 0.25) is 0 Å². The molecule has 1 atom stereocenters. The second-order valence-corrected chi connectivity index (χ2v) is 7.12. The molecule has 1 aromatic heterocycles. The number of hydrogen-bond donors (Lipinski definition) is 1. The third-order valence-electron chi connectivity index (χ3n) is 4.98. The number of hydrogen-bond acceptors (Lipinski definition) is 6. The predicted octanol–water partition coefficient (Wildman–Crippen LogP) is 3.07. The van der Waals surface area contributed by atoms with Crippen molar-refractivity contribution in [2.75, 3.05) is 26.2 Å². The summed E-state index contributed by atoms with van der Waals surface area (Å²) in [5, 5.41) is 11.2. The van der Waals surface area contributed by atoms with Gasteiger partial charge in [0.05, 0.1) is 24.7 Å². The van der Waals surface area contributed by atoms with Crippen molar-refractivity contribution < 1.29 is 14.3 Å². The number of piperazine rings is 1. The van der Waals surface area contributed by atoms with Gasteiger partial charge in [0.25, 0.3) is 0 Å². The molecule has 0 aliphatic carbocycles. The van der Waals surface area contributed by atoms with Gasteiger partial charge in [-0.05, 0) is 36.2 Å². The van der Waals surface area contributed by atoms with E-state index in [1.807, 2.05) is 54.6 Å². The van der Waals surface area contributed by atoms with E-state index in [0.717, 1.165) is 30.0 Å². The number of carbonyl (C=O) groups excluding carboxylic acids is 1. The zero-order valence-corrected chi connectivity index (χ0v) is 17.9. The first-order valence-electron chi connectivity index (χ1n) is 10.1. The van der Waals surface area contributed by atoms with Crippen molar-refractivity contribution in [1.29, 1.82) is 0 Å². The second-order valence-electron chi connectivity index (χ2n) is 7.12. The van der Waals surface area contributed by atoms with Gasteiger partial charge in [-0.1, -0.05) is 35.5 Å². The summed E-state index contributed by atoms with van der Waals surface area (Å²) in [4.78, 5) is 14.1. The topological polar surface area (TPSA) is 81.5 Å². The molecule has 2 aromatic carbocycles. The van der Waals surface area contributed by atoms with Gasteiger partial charge in [0, 0.05) is 25.7 Å². The molecule has 1 aliphatic heterocycles.